The molecule has 1 aliphatic carbocycles. The third-order valence-corrected chi connectivity index (χ3v) is 5.22. The highest BCUT2D eigenvalue weighted by Gasteiger charge is 2.45. The number of rotatable bonds is 3. The van der Waals surface area contributed by atoms with Crippen LogP contribution in [0.2, 0.25) is 0 Å². The van der Waals surface area contributed by atoms with Crippen molar-refractivity contribution in [1.29, 1.82) is 0 Å². The third kappa shape index (κ3) is 1.95. The molecule has 1 saturated carbocycles. The largest absolute Gasteiger partial charge is 0.378 e. The van der Waals surface area contributed by atoms with E-state index in [1.807, 2.05) is 0 Å². The van der Waals surface area contributed by atoms with Crippen LogP contribution in [0.15, 0.2) is 0 Å². The van der Waals surface area contributed by atoms with Gasteiger partial charge < -0.3 is 14.5 Å². The number of methoxy groups -OCH3 is 1. The second kappa shape index (κ2) is 4.49. The van der Waals surface area contributed by atoms with Gasteiger partial charge in [0.15, 0.2) is 0 Å². The molecule has 2 heterocycles. The minimum Gasteiger partial charge on any atom is -0.378 e. The Morgan fingerprint density at radius 1 is 1.39 bits per heavy atom. The van der Waals surface area contributed by atoms with Crippen LogP contribution >= 0.6 is 0 Å². The lowest BCUT2D eigenvalue weighted by molar-refractivity contribution is -0.144. The van der Waals surface area contributed by atoms with E-state index in [9.17, 15) is 4.79 Å². The van der Waals surface area contributed by atoms with Gasteiger partial charge in [-0.1, -0.05) is 0 Å². The van der Waals surface area contributed by atoms with Crippen LogP contribution in [0.4, 0.5) is 0 Å². The fraction of sp³-hybridized carbons (Fsp3) is 0.929. The lowest BCUT2D eigenvalue weighted by Crippen LogP contribution is -2.47. The van der Waals surface area contributed by atoms with E-state index in [2.05, 4.69) is 16.8 Å². The van der Waals surface area contributed by atoms with Gasteiger partial charge in [0.1, 0.15) is 0 Å². The van der Waals surface area contributed by atoms with Crippen LogP contribution in [-0.4, -0.2) is 61.1 Å². The molecule has 0 N–H and O–H groups in total. The molecule has 2 saturated heterocycles. The Balaban J connectivity index is 1.63. The van der Waals surface area contributed by atoms with E-state index in [4.69, 9.17) is 4.74 Å². The number of amides is 1. The summed E-state index contributed by atoms with van der Waals surface area (Å²) in [6.07, 6.45) is 5.08. The minimum atomic E-state index is -0.125. The van der Waals surface area contributed by atoms with Crippen molar-refractivity contribution in [3.05, 3.63) is 0 Å². The van der Waals surface area contributed by atoms with Crippen LogP contribution in [0.1, 0.15) is 32.1 Å². The van der Waals surface area contributed by atoms with Gasteiger partial charge in [0.2, 0.25) is 5.91 Å². The molecule has 102 valence electrons. The van der Waals surface area contributed by atoms with Crippen molar-refractivity contribution >= 4 is 5.91 Å². The lowest BCUT2D eigenvalue weighted by Gasteiger charge is -2.41. The average Bonchev–Trinajstić information content (AvgIpc) is 2.81. The smallest absolute Gasteiger partial charge is 0.225 e. The molecule has 4 heteroatoms. The Kier molecular flexibility index (Phi) is 3.10. The van der Waals surface area contributed by atoms with Crippen molar-refractivity contribution in [3.8, 4) is 0 Å². The maximum atomic E-state index is 12.5. The maximum Gasteiger partial charge on any atom is 0.225 e. The molecule has 3 fully saturated rings. The summed E-state index contributed by atoms with van der Waals surface area (Å²) in [7, 11) is 3.91. The zero-order valence-corrected chi connectivity index (χ0v) is 11.5. The second-order valence-electron chi connectivity index (χ2n) is 6.34. The van der Waals surface area contributed by atoms with E-state index < -0.39 is 0 Å². The summed E-state index contributed by atoms with van der Waals surface area (Å²) < 4.78 is 5.58. The normalized spacial score (nSPS) is 34.4. The van der Waals surface area contributed by atoms with E-state index in [1.165, 1.54) is 12.8 Å². The summed E-state index contributed by atoms with van der Waals surface area (Å²) in [6.45, 7) is 3.17. The molecular weight excluding hydrogens is 228 g/mol. The van der Waals surface area contributed by atoms with Gasteiger partial charge in [-0.15, -0.1) is 0 Å². The summed E-state index contributed by atoms with van der Waals surface area (Å²) in [5.74, 6) is 1.03. The van der Waals surface area contributed by atoms with E-state index >= 15 is 0 Å². The van der Waals surface area contributed by atoms with E-state index in [0.717, 1.165) is 32.5 Å². The summed E-state index contributed by atoms with van der Waals surface area (Å²) in [4.78, 5) is 17.0. The SMILES string of the molecule is COC1(CC(=O)N2CC[C@H]3CN(C)C[C@H]32)CCC1. The quantitative estimate of drug-likeness (QED) is 0.754. The molecule has 0 aromatic heterocycles. The van der Waals surface area contributed by atoms with Crippen LogP contribution in [0.5, 0.6) is 0 Å². The van der Waals surface area contributed by atoms with E-state index in [0.29, 0.717) is 24.3 Å². The summed E-state index contributed by atoms with van der Waals surface area (Å²) >= 11 is 0. The monoisotopic (exact) mass is 252 g/mol. The van der Waals surface area contributed by atoms with Gasteiger partial charge in [0.25, 0.3) is 0 Å². The molecule has 18 heavy (non-hydrogen) atoms. The van der Waals surface area contributed by atoms with Crippen molar-refractivity contribution in [2.24, 2.45) is 5.92 Å². The number of hydrogen-bond donors (Lipinski definition) is 0. The number of nitrogens with zero attached hydrogens (tertiary/aromatic N) is 2. The number of fused-ring (bicyclic) bond motifs is 1. The first-order valence-corrected chi connectivity index (χ1v) is 7.17. The number of carbonyl (C=O) groups is 1. The molecule has 2 aliphatic heterocycles. The highest BCUT2D eigenvalue weighted by Crippen LogP contribution is 2.40. The molecule has 4 nitrogen and oxygen atoms in total. The molecule has 2 atom stereocenters. The Morgan fingerprint density at radius 3 is 2.78 bits per heavy atom. The number of likely N-dealkylation sites (tertiary alicyclic amines) is 2. The topological polar surface area (TPSA) is 32.8 Å². The lowest BCUT2D eigenvalue weighted by atomic mass is 9.77. The molecule has 0 bridgehead atoms. The summed E-state index contributed by atoms with van der Waals surface area (Å²) in [5.41, 5.74) is -0.125. The fourth-order valence-electron chi connectivity index (χ4n) is 3.88. The first-order chi connectivity index (χ1) is 8.63. The first kappa shape index (κ1) is 12.4. The van der Waals surface area contributed by atoms with Crippen molar-refractivity contribution < 1.29 is 9.53 Å². The number of ether oxygens (including phenoxy) is 1. The molecule has 1 amide bonds. The Hall–Kier alpha value is -0.610. The Bertz CT molecular complexity index is 335. The second-order valence-corrected chi connectivity index (χ2v) is 6.34. The zero-order chi connectivity index (χ0) is 12.8. The van der Waals surface area contributed by atoms with Gasteiger partial charge in [-0.2, -0.15) is 0 Å². The van der Waals surface area contributed by atoms with Gasteiger partial charge in [-0.05, 0) is 38.6 Å². The van der Waals surface area contributed by atoms with Crippen molar-refractivity contribution in [2.75, 3.05) is 33.8 Å². The van der Waals surface area contributed by atoms with Crippen LogP contribution in [0.3, 0.4) is 0 Å². The van der Waals surface area contributed by atoms with E-state index in [1.54, 1.807) is 7.11 Å². The third-order valence-electron chi connectivity index (χ3n) is 5.22. The Labute approximate surface area is 109 Å². The van der Waals surface area contributed by atoms with Crippen molar-refractivity contribution in [3.63, 3.8) is 0 Å². The van der Waals surface area contributed by atoms with Gasteiger partial charge in [-0.3, -0.25) is 4.79 Å². The van der Waals surface area contributed by atoms with Crippen LogP contribution in [-0.2, 0) is 9.53 Å². The van der Waals surface area contributed by atoms with Crippen LogP contribution in [0.25, 0.3) is 0 Å². The molecule has 0 radical (unpaired) electrons. The molecule has 0 aromatic rings. The van der Waals surface area contributed by atoms with Crippen LogP contribution < -0.4 is 0 Å². The molecular formula is C14H24N2O2. The average molecular weight is 252 g/mol. The molecule has 0 aromatic carbocycles. The predicted octanol–water partition coefficient (Wildman–Crippen LogP) is 1.11. The fourth-order valence-corrected chi connectivity index (χ4v) is 3.88. The molecule has 0 unspecified atom stereocenters. The summed E-state index contributed by atoms with van der Waals surface area (Å²) in [6, 6.07) is 0.469. The van der Waals surface area contributed by atoms with Gasteiger partial charge in [0, 0.05) is 32.8 Å². The van der Waals surface area contributed by atoms with Crippen LogP contribution in [0, 0.1) is 5.92 Å². The molecule has 0 spiro atoms. The molecule has 3 rings (SSSR count). The zero-order valence-electron chi connectivity index (χ0n) is 11.5. The summed E-state index contributed by atoms with van der Waals surface area (Å²) in [5, 5.41) is 0. The number of hydrogen-bond acceptors (Lipinski definition) is 3. The Morgan fingerprint density at radius 2 is 2.17 bits per heavy atom. The highest BCUT2D eigenvalue weighted by atomic mass is 16.5. The van der Waals surface area contributed by atoms with E-state index in [-0.39, 0.29) is 5.60 Å². The maximum absolute atomic E-state index is 12.5. The van der Waals surface area contributed by atoms with Gasteiger partial charge in [-0.25, -0.2) is 0 Å². The van der Waals surface area contributed by atoms with Crippen molar-refractivity contribution in [1.82, 2.24) is 9.80 Å². The standard InChI is InChI=1S/C14H24N2O2/c1-15-9-11-4-7-16(12(11)10-15)13(17)8-14(18-2)5-3-6-14/h11-12H,3-10H2,1-2H3/t11-,12+/m0/s1. The predicted molar refractivity (Wildman–Crippen MR) is 69.3 cm³/mol. The minimum absolute atomic E-state index is 0.125. The number of likely N-dealkylation sites (N-methyl/N-ethyl adjacent to an activating group) is 1. The number of carbonyl (C=O) groups excluding carboxylic acids is 1. The highest BCUT2D eigenvalue weighted by molar-refractivity contribution is 5.78. The van der Waals surface area contributed by atoms with Gasteiger partial charge in [0.05, 0.1) is 12.0 Å². The first-order valence-electron chi connectivity index (χ1n) is 7.17. The molecule has 3 aliphatic rings. The van der Waals surface area contributed by atoms with Crippen molar-refractivity contribution in [2.45, 2.75) is 43.7 Å². The van der Waals surface area contributed by atoms with Gasteiger partial charge >= 0.3 is 0 Å².